The Bertz CT molecular complexity index is 797. The standard InChI is InChI=1S/C14H12N4OS3/c1-9-5-7-20-11(9)3-2-10-4-6-15-13(17-10)22-14-16-8-12(18-19)21-14/h2-8H,18H2,1H3/b3-2+. The summed E-state index contributed by atoms with van der Waals surface area (Å²) in [5.74, 6) is 0. The van der Waals surface area contributed by atoms with Gasteiger partial charge in [0.25, 0.3) is 0 Å². The quantitative estimate of drug-likeness (QED) is 0.565. The van der Waals surface area contributed by atoms with Gasteiger partial charge in [-0.15, -0.1) is 11.3 Å². The second-order valence-corrected chi connectivity index (χ2v) is 7.54. The van der Waals surface area contributed by atoms with Gasteiger partial charge in [0.1, 0.15) is 6.20 Å². The molecule has 3 aromatic rings. The van der Waals surface area contributed by atoms with Crippen LogP contribution in [0.1, 0.15) is 16.1 Å². The number of nitrogens with zero attached hydrogens (tertiary/aromatic N) is 3. The van der Waals surface area contributed by atoms with Gasteiger partial charge < -0.3 is 10.7 Å². The largest absolute Gasteiger partial charge is 0.630 e. The van der Waals surface area contributed by atoms with Gasteiger partial charge in [-0.05, 0) is 53.9 Å². The molecule has 0 aliphatic rings. The highest BCUT2D eigenvalue weighted by molar-refractivity contribution is 8.00. The number of rotatable bonds is 5. The van der Waals surface area contributed by atoms with Gasteiger partial charge in [0.05, 0.1) is 5.69 Å². The summed E-state index contributed by atoms with van der Waals surface area (Å²) in [6.45, 7) is 2.09. The van der Waals surface area contributed by atoms with Crippen molar-refractivity contribution in [3.05, 3.63) is 51.2 Å². The summed E-state index contributed by atoms with van der Waals surface area (Å²) in [6.07, 6.45) is 7.32. The predicted molar refractivity (Wildman–Crippen MR) is 91.2 cm³/mol. The van der Waals surface area contributed by atoms with Crippen LogP contribution in [0.3, 0.4) is 0 Å². The van der Waals surface area contributed by atoms with Gasteiger partial charge in [0.15, 0.2) is 9.50 Å². The van der Waals surface area contributed by atoms with Crippen LogP contribution in [0.2, 0.25) is 0 Å². The summed E-state index contributed by atoms with van der Waals surface area (Å²) in [5, 5.41) is 14.0. The molecule has 3 heterocycles. The van der Waals surface area contributed by atoms with E-state index in [9.17, 15) is 5.21 Å². The third-order valence-electron chi connectivity index (χ3n) is 2.76. The number of thiazole rings is 1. The maximum atomic E-state index is 10.7. The fourth-order valence-electron chi connectivity index (χ4n) is 1.66. The molecule has 3 rings (SSSR count). The molecule has 0 saturated heterocycles. The first kappa shape index (κ1) is 15.3. The fourth-order valence-corrected chi connectivity index (χ4v) is 4.15. The number of hydrogen-bond acceptors (Lipinski definition) is 7. The summed E-state index contributed by atoms with van der Waals surface area (Å²) < 4.78 is 0.761. The van der Waals surface area contributed by atoms with Gasteiger partial charge in [-0.3, -0.25) is 0 Å². The highest BCUT2D eigenvalue weighted by Gasteiger charge is 2.07. The van der Waals surface area contributed by atoms with Gasteiger partial charge in [0, 0.05) is 11.1 Å². The van der Waals surface area contributed by atoms with Crippen molar-refractivity contribution in [1.29, 1.82) is 0 Å². The molecule has 0 amide bonds. The van der Waals surface area contributed by atoms with E-state index in [1.54, 1.807) is 23.7 Å². The Morgan fingerprint density at radius 1 is 1.27 bits per heavy atom. The minimum Gasteiger partial charge on any atom is -0.630 e. The summed E-state index contributed by atoms with van der Waals surface area (Å²) >= 11 is 4.40. The second kappa shape index (κ2) is 7.12. The molecule has 0 fully saturated rings. The van der Waals surface area contributed by atoms with Gasteiger partial charge in [-0.25, -0.2) is 15.0 Å². The molecular weight excluding hydrogens is 336 g/mol. The first-order chi connectivity index (χ1) is 10.7. The van der Waals surface area contributed by atoms with Crippen molar-refractivity contribution < 1.29 is 5.48 Å². The maximum Gasteiger partial charge on any atom is 0.206 e. The zero-order valence-corrected chi connectivity index (χ0v) is 14.0. The average molecular weight is 348 g/mol. The van der Waals surface area contributed by atoms with Crippen molar-refractivity contribution in [2.24, 2.45) is 0 Å². The normalized spacial score (nSPS) is 11.4. The summed E-state index contributed by atoms with van der Waals surface area (Å²) in [4.78, 5) is 14.1. The number of aromatic nitrogens is 3. The van der Waals surface area contributed by atoms with Crippen molar-refractivity contribution in [2.45, 2.75) is 16.4 Å². The lowest BCUT2D eigenvalue weighted by Gasteiger charge is -1.98. The molecule has 0 spiro atoms. The zero-order valence-electron chi connectivity index (χ0n) is 11.6. The molecule has 2 N–H and O–H groups in total. The van der Waals surface area contributed by atoms with Crippen LogP contribution in [-0.2, 0) is 0 Å². The predicted octanol–water partition coefficient (Wildman–Crippen LogP) is 3.32. The Hall–Kier alpha value is -1.58. The molecule has 0 radical (unpaired) electrons. The van der Waals surface area contributed by atoms with Crippen molar-refractivity contribution in [2.75, 3.05) is 0 Å². The molecule has 0 bridgehead atoms. The molecule has 0 aliphatic heterocycles. The molecule has 8 heteroatoms. The Labute approximate surface area is 139 Å². The van der Waals surface area contributed by atoms with Crippen LogP contribution in [0, 0.1) is 12.1 Å². The monoisotopic (exact) mass is 348 g/mol. The lowest BCUT2D eigenvalue weighted by molar-refractivity contribution is -0.492. The van der Waals surface area contributed by atoms with Crippen LogP contribution in [0.5, 0.6) is 0 Å². The molecule has 5 nitrogen and oxygen atoms in total. The minimum atomic E-state index is 0.603. The lowest BCUT2D eigenvalue weighted by atomic mass is 10.2. The number of quaternary nitrogens is 1. The molecule has 0 unspecified atom stereocenters. The Balaban J connectivity index is 1.75. The molecule has 3 aromatic heterocycles. The summed E-state index contributed by atoms with van der Waals surface area (Å²) in [7, 11) is 0. The average Bonchev–Trinajstić information content (AvgIpc) is 3.14. The number of hydrogen-bond donors (Lipinski definition) is 1. The lowest BCUT2D eigenvalue weighted by Crippen LogP contribution is -2.69. The number of nitrogens with two attached hydrogens (primary N) is 1. The molecule has 112 valence electrons. The van der Waals surface area contributed by atoms with Crippen LogP contribution >= 0.6 is 34.4 Å². The third-order valence-corrected chi connectivity index (χ3v) is 5.62. The van der Waals surface area contributed by atoms with Gasteiger partial charge in [-0.1, -0.05) is 11.3 Å². The van der Waals surface area contributed by atoms with E-state index in [-0.39, 0.29) is 0 Å². The zero-order chi connectivity index (χ0) is 15.4. The van der Waals surface area contributed by atoms with Gasteiger partial charge >= 0.3 is 0 Å². The van der Waals surface area contributed by atoms with E-state index >= 15 is 0 Å². The highest BCUT2D eigenvalue weighted by Crippen LogP contribution is 2.29. The van der Waals surface area contributed by atoms with Crippen LogP contribution in [0.4, 0.5) is 5.00 Å². The van der Waals surface area contributed by atoms with Crippen LogP contribution in [-0.4, -0.2) is 15.0 Å². The Kier molecular flexibility index (Phi) is 4.96. The van der Waals surface area contributed by atoms with Crippen LogP contribution in [0.25, 0.3) is 12.2 Å². The van der Waals surface area contributed by atoms with E-state index in [0.29, 0.717) is 10.2 Å². The molecule has 0 aromatic carbocycles. The Morgan fingerprint density at radius 2 is 2.18 bits per heavy atom. The SMILES string of the molecule is Cc1ccsc1/C=C/c1ccnc(Sc2ncc([NH2+][O-])s2)n1. The van der Waals surface area contributed by atoms with Crippen molar-refractivity contribution in [1.82, 2.24) is 15.0 Å². The van der Waals surface area contributed by atoms with E-state index in [1.165, 1.54) is 33.5 Å². The van der Waals surface area contributed by atoms with E-state index in [2.05, 4.69) is 39.4 Å². The van der Waals surface area contributed by atoms with Crippen molar-refractivity contribution in [3.63, 3.8) is 0 Å². The van der Waals surface area contributed by atoms with E-state index in [0.717, 1.165) is 15.5 Å². The fraction of sp³-hybridized carbons (Fsp3) is 0.0714. The molecular formula is C14H12N4OS3. The molecule has 0 atom stereocenters. The molecule has 0 aliphatic carbocycles. The van der Waals surface area contributed by atoms with Crippen molar-refractivity contribution in [3.8, 4) is 0 Å². The number of thiophene rings is 1. The topological polar surface area (TPSA) is 78.3 Å². The minimum absolute atomic E-state index is 0.603. The van der Waals surface area contributed by atoms with Crippen LogP contribution < -0.4 is 5.48 Å². The third kappa shape index (κ3) is 3.79. The highest BCUT2D eigenvalue weighted by atomic mass is 32.2. The Morgan fingerprint density at radius 3 is 2.91 bits per heavy atom. The first-order valence-electron chi connectivity index (χ1n) is 6.38. The van der Waals surface area contributed by atoms with Crippen molar-refractivity contribution >= 4 is 51.6 Å². The smallest absolute Gasteiger partial charge is 0.206 e. The maximum absolute atomic E-state index is 10.7. The number of aryl methyl sites for hydroxylation is 1. The molecule has 22 heavy (non-hydrogen) atoms. The van der Waals surface area contributed by atoms with E-state index < -0.39 is 0 Å². The van der Waals surface area contributed by atoms with E-state index in [1.807, 2.05) is 12.1 Å². The summed E-state index contributed by atoms with van der Waals surface area (Å²) in [5.41, 5.74) is 2.90. The first-order valence-corrected chi connectivity index (χ1v) is 8.90. The summed E-state index contributed by atoms with van der Waals surface area (Å²) in [6, 6.07) is 3.96. The van der Waals surface area contributed by atoms with Gasteiger partial charge in [-0.2, -0.15) is 0 Å². The molecule has 0 saturated carbocycles. The second-order valence-electron chi connectivity index (χ2n) is 4.31. The van der Waals surface area contributed by atoms with Crippen LogP contribution in [0.15, 0.2) is 39.4 Å². The van der Waals surface area contributed by atoms with Gasteiger partial charge in [0.2, 0.25) is 5.00 Å². The van der Waals surface area contributed by atoms with E-state index in [4.69, 9.17) is 0 Å².